The summed E-state index contributed by atoms with van der Waals surface area (Å²) in [5.41, 5.74) is 1.81. The normalized spacial score (nSPS) is 14.7. The molecule has 1 saturated carbocycles. The molecule has 1 amide bonds. The quantitative estimate of drug-likeness (QED) is 0.158. The summed E-state index contributed by atoms with van der Waals surface area (Å²) in [5, 5.41) is 6.13. The Labute approximate surface area is 246 Å². The topological polar surface area (TPSA) is 92.2 Å². The lowest BCUT2D eigenvalue weighted by Crippen LogP contribution is -2.38. The number of anilines is 1. The lowest BCUT2D eigenvalue weighted by atomic mass is 9.96. The minimum absolute atomic E-state index is 0.00107. The summed E-state index contributed by atoms with van der Waals surface area (Å²) in [4.78, 5) is 18.5. The zero-order valence-corrected chi connectivity index (χ0v) is 25.4. The molecule has 4 aromatic rings. The minimum Gasteiger partial charge on any atom is -0.497 e. The smallest absolute Gasteiger partial charge is 0.280 e. The third-order valence-corrected chi connectivity index (χ3v) is 10.5. The van der Waals surface area contributed by atoms with Gasteiger partial charge in [0.2, 0.25) is 15.2 Å². The molecule has 0 aliphatic heterocycles. The van der Waals surface area contributed by atoms with Crippen molar-refractivity contribution < 1.29 is 17.9 Å². The van der Waals surface area contributed by atoms with E-state index in [1.807, 2.05) is 42.5 Å². The van der Waals surface area contributed by atoms with E-state index in [9.17, 15) is 13.2 Å². The van der Waals surface area contributed by atoms with Crippen LogP contribution in [-0.2, 0) is 10.0 Å². The van der Waals surface area contributed by atoms with E-state index in [1.165, 1.54) is 44.9 Å². The second-order valence-corrected chi connectivity index (χ2v) is 13.5. The Kier molecular flexibility index (Phi) is 8.65. The highest BCUT2D eigenvalue weighted by Crippen LogP contribution is 2.33. The number of carbonyl (C=O) groups excluding carboxylic acids is 1. The maximum atomic E-state index is 13.7. The molecular formula is C29H29BrN4O4S2. The number of nitrogens with zero attached hydrogens (tertiary/aromatic N) is 4. The van der Waals surface area contributed by atoms with Crippen LogP contribution in [0.25, 0.3) is 10.2 Å². The minimum atomic E-state index is -3.67. The van der Waals surface area contributed by atoms with Gasteiger partial charge in [0.25, 0.3) is 5.91 Å². The molecule has 0 radical (unpaired) electrons. The average Bonchev–Trinajstić information content (AvgIpc) is 3.41. The van der Waals surface area contributed by atoms with E-state index in [1.54, 1.807) is 20.4 Å². The van der Waals surface area contributed by atoms with Crippen molar-refractivity contribution in [3.63, 3.8) is 0 Å². The first-order valence-corrected chi connectivity index (χ1v) is 16.0. The standard InChI is InChI=1S/C29H29BrN4O4S2/c1-33(23-6-4-3-5-7-23)40(36,37)25-15-10-21(11-16-25)28(35)34(31-19-20-8-12-22(30)13-9-20)29-32-26-17-14-24(38-2)18-27(26)39-29/h8-19,23H,3-7H2,1-2H3/b31-19+. The van der Waals surface area contributed by atoms with E-state index >= 15 is 0 Å². The van der Waals surface area contributed by atoms with Crippen LogP contribution >= 0.6 is 27.3 Å². The van der Waals surface area contributed by atoms with Crippen LogP contribution in [0.15, 0.2) is 81.2 Å². The predicted molar refractivity (Wildman–Crippen MR) is 163 cm³/mol. The van der Waals surface area contributed by atoms with Gasteiger partial charge < -0.3 is 4.74 Å². The van der Waals surface area contributed by atoms with Crippen LogP contribution in [0.5, 0.6) is 5.75 Å². The zero-order valence-electron chi connectivity index (χ0n) is 22.2. The van der Waals surface area contributed by atoms with E-state index in [0.717, 1.165) is 46.8 Å². The molecule has 0 unspecified atom stereocenters. The number of hydrazone groups is 1. The molecule has 1 aliphatic carbocycles. The largest absolute Gasteiger partial charge is 0.497 e. The molecule has 11 heteroatoms. The van der Waals surface area contributed by atoms with Crippen molar-refractivity contribution in [1.82, 2.24) is 9.29 Å². The summed E-state index contributed by atoms with van der Waals surface area (Å²) in [5.74, 6) is 0.262. The van der Waals surface area contributed by atoms with Gasteiger partial charge in [0, 0.05) is 23.1 Å². The summed E-state index contributed by atoms with van der Waals surface area (Å²) in [7, 11) is -0.435. The van der Waals surface area contributed by atoms with Crippen LogP contribution in [0.2, 0.25) is 0 Å². The molecule has 1 heterocycles. The van der Waals surface area contributed by atoms with Gasteiger partial charge in [-0.1, -0.05) is 58.7 Å². The number of fused-ring (bicyclic) bond motifs is 1. The van der Waals surface area contributed by atoms with Crippen molar-refractivity contribution in [3.8, 4) is 5.75 Å². The van der Waals surface area contributed by atoms with E-state index in [2.05, 4.69) is 26.0 Å². The Morgan fingerprint density at radius 3 is 2.42 bits per heavy atom. The highest BCUT2D eigenvalue weighted by molar-refractivity contribution is 9.10. The van der Waals surface area contributed by atoms with E-state index in [0.29, 0.717) is 22.0 Å². The first-order chi connectivity index (χ1) is 19.3. The van der Waals surface area contributed by atoms with Gasteiger partial charge >= 0.3 is 0 Å². The number of thiazole rings is 1. The van der Waals surface area contributed by atoms with Crippen molar-refractivity contribution >= 4 is 64.8 Å². The number of hydrogen-bond acceptors (Lipinski definition) is 7. The Bertz CT molecular complexity index is 1630. The second kappa shape index (κ2) is 12.2. The van der Waals surface area contributed by atoms with Crippen molar-refractivity contribution in [2.75, 3.05) is 19.2 Å². The molecule has 1 fully saturated rings. The Balaban J connectivity index is 1.45. The molecule has 0 N–H and O–H groups in total. The predicted octanol–water partition coefficient (Wildman–Crippen LogP) is 6.70. The lowest BCUT2D eigenvalue weighted by Gasteiger charge is -2.30. The van der Waals surface area contributed by atoms with Gasteiger partial charge in [0.15, 0.2) is 0 Å². The summed E-state index contributed by atoms with van der Waals surface area (Å²) in [6, 6.07) is 19.1. The third-order valence-electron chi connectivity index (χ3n) is 7.02. The molecule has 0 spiro atoms. The van der Waals surface area contributed by atoms with Crippen molar-refractivity contribution in [2.24, 2.45) is 5.10 Å². The zero-order chi connectivity index (χ0) is 28.3. The van der Waals surface area contributed by atoms with Crippen LogP contribution < -0.4 is 9.75 Å². The monoisotopic (exact) mass is 640 g/mol. The molecule has 0 saturated heterocycles. The number of amides is 1. The molecule has 0 bridgehead atoms. The lowest BCUT2D eigenvalue weighted by molar-refractivity contribution is 0.0987. The fraction of sp³-hybridized carbons (Fsp3) is 0.276. The van der Waals surface area contributed by atoms with Crippen molar-refractivity contribution in [3.05, 3.63) is 82.3 Å². The Hall–Kier alpha value is -3.12. The first kappa shape index (κ1) is 28.4. The average molecular weight is 642 g/mol. The number of methoxy groups -OCH3 is 1. The summed E-state index contributed by atoms with van der Waals surface area (Å²) < 4.78 is 35.2. The number of sulfonamides is 1. The molecule has 0 atom stereocenters. The van der Waals surface area contributed by atoms with Gasteiger partial charge in [-0.05, 0) is 73.0 Å². The highest BCUT2D eigenvalue weighted by Gasteiger charge is 2.29. The molecule has 3 aromatic carbocycles. The SMILES string of the molecule is COc1ccc2nc(N(/N=C/c3ccc(Br)cc3)C(=O)c3ccc(S(=O)(=O)N(C)C4CCCCC4)cc3)sc2c1. The van der Waals surface area contributed by atoms with Gasteiger partial charge in [-0.25, -0.2) is 13.4 Å². The molecule has 40 heavy (non-hydrogen) atoms. The molecular weight excluding hydrogens is 612 g/mol. The third kappa shape index (κ3) is 6.12. The highest BCUT2D eigenvalue weighted by atomic mass is 79.9. The van der Waals surface area contributed by atoms with Gasteiger partial charge in [0.1, 0.15) is 5.75 Å². The maximum absolute atomic E-state index is 13.7. The van der Waals surface area contributed by atoms with Crippen LogP contribution in [0.4, 0.5) is 5.13 Å². The summed E-state index contributed by atoms with van der Waals surface area (Å²) in [6.07, 6.45) is 6.54. The molecule has 1 aromatic heterocycles. The van der Waals surface area contributed by atoms with Gasteiger partial charge in [0.05, 0.1) is 28.4 Å². The second-order valence-electron chi connectivity index (χ2n) is 9.58. The number of aromatic nitrogens is 1. The van der Waals surface area contributed by atoms with E-state index < -0.39 is 15.9 Å². The number of hydrogen-bond donors (Lipinski definition) is 0. The fourth-order valence-corrected chi connectivity index (χ4v) is 7.30. The molecule has 1 aliphatic rings. The van der Waals surface area contributed by atoms with Gasteiger partial charge in [-0.3, -0.25) is 4.79 Å². The number of carbonyl (C=O) groups is 1. The molecule has 8 nitrogen and oxygen atoms in total. The van der Waals surface area contributed by atoms with Crippen LogP contribution in [0.1, 0.15) is 48.0 Å². The number of benzene rings is 3. The van der Waals surface area contributed by atoms with Crippen molar-refractivity contribution in [1.29, 1.82) is 0 Å². The molecule has 208 valence electrons. The summed E-state index contributed by atoms with van der Waals surface area (Å²) >= 11 is 4.74. The number of ether oxygens (including phenoxy) is 1. The fourth-order valence-electron chi connectivity index (χ4n) is 4.67. The van der Waals surface area contributed by atoms with Gasteiger partial charge in [-0.2, -0.15) is 14.4 Å². The Morgan fingerprint density at radius 2 is 1.75 bits per heavy atom. The van der Waals surface area contributed by atoms with Crippen molar-refractivity contribution in [2.45, 2.75) is 43.0 Å². The Morgan fingerprint density at radius 1 is 1.05 bits per heavy atom. The molecule has 5 rings (SSSR count). The maximum Gasteiger partial charge on any atom is 0.280 e. The van der Waals surface area contributed by atoms with Crippen LogP contribution in [0, 0.1) is 0 Å². The first-order valence-electron chi connectivity index (χ1n) is 12.9. The summed E-state index contributed by atoms with van der Waals surface area (Å²) in [6.45, 7) is 0. The van der Waals surface area contributed by atoms with Gasteiger partial charge in [-0.15, -0.1) is 0 Å². The van der Waals surface area contributed by atoms with E-state index in [-0.39, 0.29) is 10.9 Å². The van der Waals surface area contributed by atoms with Crippen LogP contribution in [-0.4, -0.2) is 50.0 Å². The number of halogens is 1. The van der Waals surface area contributed by atoms with E-state index in [4.69, 9.17) is 4.74 Å². The van der Waals surface area contributed by atoms with Crippen LogP contribution in [0.3, 0.4) is 0 Å². The number of rotatable bonds is 8.